The number of methoxy groups -OCH3 is 1. The van der Waals surface area contributed by atoms with Crippen LogP contribution < -0.4 is 9.47 Å². The van der Waals surface area contributed by atoms with Gasteiger partial charge < -0.3 is 14.7 Å². The van der Waals surface area contributed by atoms with Gasteiger partial charge in [-0.2, -0.15) is 4.73 Å². The van der Waals surface area contributed by atoms with Crippen molar-refractivity contribution in [3.8, 4) is 5.75 Å². The lowest BCUT2D eigenvalue weighted by molar-refractivity contribution is -0.610. The number of ether oxygens (including phenoxy) is 2. The summed E-state index contributed by atoms with van der Waals surface area (Å²) in [5, 5.41) is 11.3. The average Bonchev–Trinajstić information content (AvgIpc) is 2.14. The first kappa shape index (κ1) is 11.1. The van der Waals surface area contributed by atoms with Crippen LogP contribution in [0, 0.1) is 12.1 Å². The van der Waals surface area contributed by atoms with Gasteiger partial charge in [-0.15, -0.1) is 0 Å². The number of halogens is 1. The van der Waals surface area contributed by atoms with E-state index in [2.05, 4.69) is 0 Å². The minimum Gasteiger partial charge on any atom is -0.617 e. The number of hydrogen-bond donors (Lipinski definition) is 0. The Hall–Kier alpha value is -1.00. The molecule has 5 heteroatoms. The normalized spacial score (nSPS) is 10.2. The first-order valence-electron chi connectivity index (χ1n) is 4.16. The van der Waals surface area contributed by atoms with E-state index in [0.29, 0.717) is 29.4 Å². The summed E-state index contributed by atoms with van der Waals surface area (Å²) in [5.74, 6) is 0.580. The van der Waals surface area contributed by atoms with Crippen molar-refractivity contribution in [2.24, 2.45) is 0 Å². The minimum absolute atomic E-state index is 0.109. The van der Waals surface area contributed by atoms with Crippen LogP contribution in [0.4, 0.5) is 0 Å². The van der Waals surface area contributed by atoms with Crippen LogP contribution in [-0.2, 0) is 4.74 Å². The van der Waals surface area contributed by atoms with E-state index in [0.717, 1.165) is 0 Å². The van der Waals surface area contributed by atoms with E-state index in [1.807, 2.05) is 0 Å². The van der Waals surface area contributed by atoms with Crippen molar-refractivity contribution in [3.05, 3.63) is 28.2 Å². The van der Waals surface area contributed by atoms with Crippen LogP contribution in [-0.4, -0.2) is 20.3 Å². The molecule has 0 radical (unpaired) electrons. The van der Waals surface area contributed by atoms with Crippen molar-refractivity contribution in [1.29, 1.82) is 0 Å². The average molecular weight is 218 g/mol. The molecule has 1 rings (SSSR count). The lowest BCUT2D eigenvalue weighted by atomic mass is 10.3. The highest BCUT2D eigenvalue weighted by atomic mass is 35.5. The van der Waals surface area contributed by atoms with Gasteiger partial charge >= 0.3 is 0 Å². The van der Waals surface area contributed by atoms with Gasteiger partial charge in [-0.05, 0) is 11.6 Å². The largest absolute Gasteiger partial charge is 0.617 e. The predicted octanol–water partition coefficient (Wildman–Crippen LogP) is 1.31. The van der Waals surface area contributed by atoms with Gasteiger partial charge in [0.2, 0.25) is 0 Å². The fraction of sp³-hybridized carbons (Fsp3) is 0.444. The van der Waals surface area contributed by atoms with Gasteiger partial charge in [-0.3, -0.25) is 0 Å². The fourth-order valence-corrected chi connectivity index (χ4v) is 1.22. The molecule has 0 aromatic carbocycles. The van der Waals surface area contributed by atoms with Gasteiger partial charge in [0.15, 0.2) is 5.69 Å². The zero-order valence-corrected chi connectivity index (χ0v) is 8.87. The van der Waals surface area contributed by atoms with E-state index in [4.69, 9.17) is 21.1 Å². The van der Waals surface area contributed by atoms with Crippen molar-refractivity contribution >= 4 is 11.6 Å². The Morgan fingerprint density at radius 3 is 2.71 bits per heavy atom. The number of aryl methyl sites for hydroxylation is 1. The van der Waals surface area contributed by atoms with Crippen molar-refractivity contribution in [2.45, 2.75) is 6.92 Å². The maximum Gasteiger partial charge on any atom is 0.290 e. The Morgan fingerprint density at radius 1 is 1.43 bits per heavy atom. The molecule has 0 atom stereocenters. The van der Waals surface area contributed by atoms with E-state index in [1.54, 1.807) is 20.1 Å². The van der Waals surface area contributed by atoms with Gasteiger partial charge in [0.05, 0.1) is 12.7 Å². The molecule has 0 saturated heterocycles. The molecule has 0 aliphatic heterocycles. The third-order valence-electron chi connectivity index (χ3n) is 1.68. The summed E-state index contributed by atoms with van der Waals surface area (Å²) in [7, 11) is 1.60. The summed E-state index contributed by atoms with van der Waals surface area (Å²) in [6.45, 7) is 2.61. The second-order valence-corrected chi connectivity index (χ2v) is 3.18. The van der Waals surface area contributed by atoms with Crippen LogP contribution in [0.5, 0.6) is 5.75 Å². The maximum atomic E-state index is 11.2. The molecule has 0 aliphatic rings. The molecule has 0 N–H and O–H groups in total. The van der Waals surface area contributed by atoms with Gasteiger partial charge in [0.1, 0.15) is 12.4 Å². The molecule has 0 spiro atoms. The number of hydrogen-bond acceptors (Lipinski definition) is 3. The van der Waals surface area contributed by atoms with Crippen LogP contribution in [0.25, 0.3) is 0 Å². The molecule has 4 nitrogen and oxygen atoms in total. The zero-order chi connectivity index (χ0) is 10.6. The molecule has 0 unspecified atom stereocenters. The van der Waals surface area contributed by atoms with Crippen molar-refractivity contribution in [1.82, 2.24) is 0 Å². The standard InChI is InChI=1S/C9H12ClNO3/c1-7-5-8(14-4-3-13-2)6-9(10)11(7)12/h5-6H,3-4H2,1-2H3. The smallest absolute Gasteiger partial charge is 0.290 e. The fourth-order valence-electron chi connectivity index (χ4n) is 0.977. The summed E-state index contributed by atoms with van der Waals surface area (Å²) < 4.78 is 10.8. The number of nitrogens with zero attached hydrogens (tertiary/aromatic N) is 1. The highest BCUT2D eigenvalue weighted by molar-refractivity contribution is 6.28. The summed E-state index contributed by atoms with van der Waals surface area (Å²) in [5.41, 5.74) is 0.505. The third-order valence-corrected chi connectivity index (χ3v) is 1.95. The summed E-state index contributed by atoms with van der Waals surface area (Å²) in [6.07, 6.45) is 0. The van der Waals surface area contributed by atoms with Crippen molar-refractivity contribution in [3.63, 3.8) is 0 Å². The first-order chi connectivity index (χ1) is 6.65. The van der Waals surface area contributed by atoms with Crippen LogP contribution >= 0.6 is 11.6 Å². The molecule has 1 heterocycles. The van der Waals surface area contributed by atoms with E-state index in [-0.39, 0.29) is 5.15 Å². The first-order valence-corrected chi connectivity index (χ1v) is 4.54. The lowest BCUT2D eigenvalue weighted by Gasteiger charge is -2.07. The molecular formula is C9H12ClNO3. The quantitative estimate of drug-likeness (QED) is 0.331. The summed E-state index contributed by atoms with van der Waals surface area (Å²) in [6, 6.07) is 3.12. The molecule has 78 valence electrons. The molecule has 0 bridgehead atoms. The topological polar surface area (TPSA) is 45.4 Å². The molecule has 1 aromatic rings. The van der Waals surface area contributed by atoms with Gasteiger partial charge in [0.25, 0.3) is 5.15 Å². The lowest BCUT2D eigenvalue weighted by Crippen LogP contribution is -2.31. The Balaban J connectivity index is 2.69. The summed E-state index contributed by atoms with van der Waals surface area (Å²) in [4.78, 5) is 0. The number of aromatic nitrogens is 1. The Bertz CT molecular complexity index is 294. The van der Waals surface area contributed by atoms with Crippen LogP contribution in [0.2, 0.25) is 5.15 Å². The van der Waals surface area contributed by atoms with Crippen molar-refractivity contribution < 1.29 is 14.2 Å². The third kappa shape index (κ3) is 2.75. The number of pyridine rings is 1. The molecule has 0 aliphatic carbocycles. The zero-order valence-electron chi connectivity index (χ0n) is 8.12. The highest BCUT2D eigenvalue weighted by Crippen LogP contribution is 2.15. The SMILES string of the molecule is COCCOc1cc(C)[n+]([O-])c(Cl)c1. The predicted molar refractivity (Wildman–Crippen MR) is 52.5 cm³/mol. The monoisotopic (exact) mass is 217 g/mol. The molecule has 0 saturated carbocycles. The highest BCUT2D eigenvalue weighted by Gasteiger charge is 2.08. The Morgan fingerprint density at radius 2 is 2.14 bits per heavy atom. The Labute approximate surface area is 87.6 Å². The second-order valence-electron chi connectivity index (χ2n) is 2.79. The van der Waals surface area contributed by atoms with Gasteiger partial charge in [-0.25, -0.2) is 0 Å². The van der Waals surface area contributed by atoms with Gasteiger partial charge in [0, 0.05) is 20.1 Å². The molecular weight excluding hydrogens is 206 g/mol. The van der Waals surface area contributed by atoms with Crippen molar-refractivity contribution in [2.75, 3.05) is 20.3 Å². The van der Waals surface area contributed by atoms with E-state index >= 15 is 0 Å². The maximum absolute atomic E-state index is 11.2. The van der Waals surface area contributed by atoms with E-state index in [1.165, 1.54) is 6.07 Å². The van der Waals surface area contributed by atoms with Crippen LogP contribution in [0.1, 0.15) is 5.69 Å². The van der Waals surface area contributed by atoms with E-state index < -0.39 is 0 Å². The second kappa shape index (κ2) is 5.02. The van der Waals surface area contributed by atoms with Crippen LogP contribution in [0.15, 0.2) is 12.1 Å². The molecule has 14 heavy (non-hydrogen) atoms. The summed E-state index contributed by atoms with van der Waals surface area (Å²) >= 11 is 5.67. The molecule has 0 fully saturated rings. The Kier molecular flexibility index (Phi) is 3.98. The minimum atomic E-state index is 0.109. The molecule has 1 aromatic heterocycles. The number of rotatable bonds is 4. The van der Waals surface area contributed by atoms with E-state index in [9.17, 15) is 5.21 Å². The van der Waals surface area contributed by atoms with Gasteiger partial charge in [-0.1, -0.05) is 0 Å². The van der Waals surface area contributed by atoms with Crippen LogP contribution in [0.3, 0.4) is 0 Å². The molecule has 0 amide bonds.